The van der Waals surface area contributed by atoms with Crippen molar-refractivity contribution in [2.45, 2.75) is 32.1 Å². The van der Waals surface area contributed by atoms with E-state index in [1.807, 2.05) is 12.1 Å². The summed E-state index contributed by atoms with van der Waals surface area (Å²) in [5.41, 5.74) is -1.22. The zero-order valence-corrected chi connectivity index (χ0v) is 13.4. The summed E-state index contributed by atoms with van der Waals surface area (Å²) in [5, 5.41) is 0. The van der Waals surface area contributed by atoms with Gasteiger partial charge in [-0.15, -0.1) is 0 Å². The molecule has 124 valence electrons. The summed E-state index contributed by atoms with van der Waals surface area (Å²) in [6.07, 6.45) is 3.56. The molecule has 0 aromatic heterocycles. The smallest absolute Gasteiger partial charge is 0.328 e. The molecule has 1 fully saturated rings. The van der Waals surface area contributed by atoms with Crippen molar-refractivity contribution < 1.29 is 19.1 Å². The fourth-order valence-electron chi connectivity index (χ4n) is 3.03. The van der Waals surface area contributed by atoms with E-state index in [1.165, 1.54) is 0 Å². The average molecular weight is 324 g/mol. The van der Waals surface area contributed by atoms with E-state index in [-0.39, 0.29) is 0 Å². The van der Waals surface area contributed by atoms with Crippen molar-refractivity contribution in [3.8, 4) is 11.5 Å². The van der Waals surface area contributed by atoms with E-state index < -0.39 is 17.4 Å². The SMILES string of the molecule is O=C(Oc1ccccc1)C1(C(=O)Oc2ccccc2)CCCCC1. The van der Waals surface area contributed by atoms with Crippen LogP contribution in [0.4, 0.5) is 0 Å². The lowest BCUT2D eigenvalue weighted by atomic mass is 9.74. The summed E-state index contributed by atoms with van der Waals surface area (Å²) in [6.45, 7) is 0. The third-order valence-corrected chi connectivity index (χ3v) is 4.40. The van der Waals surface area contributed by atoms with Crippen LogP contribution in [-0.4, -0.2) is 11.9 Å². The average Bonchev–Trinajstić information content (AvgIpc) is 2.64. The highest BCUT2D eigenvalue weighted by atomic mass is 16.6. The minimum atomic E-state index is -1.22. The van der Waals surface area contributed by atoms with E-state index in [4.69, 9.17) is 9.47 Å². The van der Waals surface area contributed by atoms with Crippen LogP contribution in [0.3, 0.4) is 0 Å². The Hall–Kier alpha value is -2.62. The van der Waals surface area contributed by atoms with Gasteiger partial charge in [-0.3, -0.25) is 9.59 Å². The largest absolute Gasteiger partial charge is 0.426 e. The van der Waals surface area contributed by atoms with E-state index in [2.05, 4.69) is 0 Å². The van der Waals surface area contributed by atoms with Gasteiger partial charge in [0.25, 0.3) is 0 Å². The van der Waals surface area contributed by atoms with Crippen molar-refractivity contribution in [3.63, 3.8) is 0 Å². The normalized spacial score (nSPS) is 16.2. The molecular weight excluding hydrogens is 304 g/mol. The molecule has 0 unspecified atom stereocenters. The van der Waals surface area contributed by atoms with E-state index in [0.717, 1.165) is 19.3 Å². The highest BCUT2D eigenvalue weighted by Gasteiger charge is 2.50. The summed E-state index contributed by atoms with van der Waals surface area (Å²) >= 11 is 0. The lowest BCUT2D eigenvalue weighted by molar-refractivity contribution is -0.163. The minimum absolute atomic E-state index is 0.444. The van der Waals surface area contributed by atoms with Crippen LogP contribution in [0.2, 0.25) is 0 Å². The molecule has 1 aliphatic carbocycles. The van der Waals surface area contributed by atoms with Gasteiger partial charge in [0.2, 0.25) is 0 Å². The van der Waals surface area contributed by atoms with Crippen LogP contribution in [0.15, 0.2) is 60.7 Å². The topological polar surface area (TPSA) is 52.6 Å². The Balaban J connectivity index is 1.81. The summed E-state index contributed by atoms with van der Waals surface area (Å²) in [5.74, 6) is -0.149. The van der Waals surface area contributed by atoms with Gasteiger partial charge in [-0.25, -0.2) is 0 Å². The van der Waals surface area contributed by atoms with Crippen molar-refractivity contribution in [1.29, 1.82) is 0 Å². The fraction of sp³-hybridized carbons (Fsp3) is 0.300. The molecule has 0 spiro atoms. The molecule has 0 heterocycles. The van der Waals surface area contributed by atoms with E-state index in [0.29, 0.717) is 24.3 Å². The lowest BCUT2D eigenvalue weighted by Crippen LogP contribution is -2.46. The second kappa shape index (κ2) is 7.30. The summed E-state index contributed by atoms with van der Waals surface area (Å²) in [6, 6.07) is 17.7. The van der Waals surface area contributed by atoms with Gasteiger partial charge in [0.15, 0.2) is 5.41 Å². The third-order valence-electron chi connectivity index (χ3n) is 4.40. The van der Waals surface area contributed by atoms with Crippen molar-refractivity contribution in [2.75, 3.05) is 0 Å². The van der Waals surface area contributed by atoms with Crippen molar-refractivity contribution >= 4 is 11.9 Å². The maximum absolute atomic E-state index is 12.8. The zero-order chi connectivity index (χ0) is 16.8. The van der Waals surface area contributed by atoms with Gasteiger partial charge in [0.1, 0.15) is 11.5 Å². The Kier molecular flexibility index (Phi) is 4.94. The Bertz CT molecular complexity index is 633. The van der Waals surface area contributed by atoms with Crippen molar-refractivity contribution in [3.05, 3.63) is 60.7 Å². The van der Waals surface area contributed by atoms with Crippen LogP contribution in [0.1, 0.15) is 32.1 Å². The molecule has 4 heteroatoms. The van der Waals surface area contributed by atoms with Gasteiger partial charge in [0, 0.05) is 0 Å². The third kappa shape index (κ3) is 3.48. The van der Waals surface area contributed by atoms with Gasteiger partial charge >= 0.3 is 11.9 Å². The number of hydrogen-bond donors (Lipinski definition) is 0. The Morgan fingerprint density at radius 1 is 0.667 bits per heavy atom. The fourth-order valence-corrected chi connectivity index (χ4v) is 3.03. The molecule has 2 aromatic rings. The molecule has 4 nitrogen and oxygen atoms in total. The molecule has 0 aliphatic heterocycles. The highest BCUT2D eigenvalue weighted by Crippen LogP contribution is 2.39. The van der Waals surface area contributed by atoms with Crippen LogP contribution in [0.25, 0.3) is 0 Å². The van der Waals surface area contributed by atoms with Gasteiger partial charge in [-0.2, -0.15) is 0 Å². The van der Waals surface area contributed by atoms with Gasteiger partial charge in [-0.1, -0.05) is 55.7 Å². The summed E-state index contributed by atoms with van der Waals surface area (Å²) < 4.78 is 11.0. The highest BCUT2D eigenvalue weighted by molar-refractivity contribution is 6.01. The van der Waals surface area contributed by atoms with Crippen LogP contribution in [0.5, 0.6) is 11.5 Å². The van der Waals surface area contributed by atoms with Crippen molar-refractivity contribution in [2.24, 2.45) is 5.41 Å². The van der Waals surface area contributed by atoms with E-state index in [9.17, 15) is 9.59 Å². The number of esters is 2. The first-order valence-electron chi connectivity index (χ1n) is 8.25. The number of rotatable bonds is 4. The van der Waals surface area contributed by atoms with Crippen LogP contribution in [-0.2, 0) is 9.59 Å². The first-order chi connectivity index (χ1) is 11.7. The molecule has 1 aliphatic rings. The molecule has 24 heavy (non-hydrogen) atoms. The molecule has 0 atom stereocenters. The summed E-state index contributed by atoms with van der Waals surface area (Å²) in [7, 11) is 0. The maximum Gasteiger partial charge on any atom is 0.328 e. The standard InChI is InChI=1S/C20H20O4/c21-18(23-16-10-4-1-5-11-16)20(14-8-3-9-15-20)19(22)24-17-12-6-2-7-13-17/h1-2,4-7,10-13H,3,8-9,14-15H2. The molecule has 2 aromatic carbocycles. The molecule has 0 N–H and O–H groups in total. The zero-order valence-electron chi connectivity index (χ0n) is 13.4. The number of carbonyl (C=O) groups is 2. The van der Waals surface area contributed by atoms with E-state index >= 15 is 0 Å². The molecule has 3 rings (SSSR count). The second-order valence-corrected chi connectivity index (χ2v) is 6.05. The number of ether oxygens (including phenoxy) is 2. The molecule has 0 radical (unpaired) electrons. The molecule has 0 amide bonds. The predicted octanol–water partition coefficient (Wildman–Crippen LogP) is 4.15. The Morgan fingerprint density at radius 3 is 1.50 bits per heavy atom. The summed E-state index contributed by atoms with van der Waals surface area (Å²) in [4.78, 5) is 25.6. The number of hydrogen-bond acceptors (Lipinski definition) is 4. The van der Waals surface area contributed by atoms with E-state index in [1.54, 1.807) is 48.5 Å². The number of benzene rings is 2. The first-order valence-corrected chi connectivity index (χ1v) is 8.25. The van der Waals surface area contributed by atoms with Gasteiger partial charge in [0.05, 0.1) is 0 Å². The first kappa shape index (κ1) is 16.2. The van der Waals surface area contributed by atoms with Crippen LogP contribution < -0.4 is 9.47 Å². The molecule has 0 bridgehead atoms. The van der Waals surface area contributed by atoms with Crippen molar-refractivity contribution in [1.82, 2.24) is 0 Å². The molecule has 1 saturated carbocycles. The minimum Gasteiger partial charge on any atom is -0.426 e. The quantitative estimate of drug-likeness (QED) is 0.482. The molecular formula is C20H20O4. The van der Waals surface area contributed by atoms with Crippen LogP contribution >= 0.6 is 0 Å². The van der Waals surface area contributed by atoms with Gasteiger partial charge < -0.3 is 9.47 Å². The van der Waals surface area contributed by atoms with Crippen LogP contribution in [0, 0.1) is 5.41 Å². The number of para-hydroxylation sites is 2. The maximum atomic E-state index is 12.8. The second-order valence-electron chi connectivity index (χ2n) is 6.05. The Labute approximate surface area is 141 Å². The lowest BCUT2D eigenvalue weighted by Gasteiger charge is -2.32. The monoisotopic (exact) mass is 324 g/mol. The number of carbonyl (C=O) groups excluding carboxylic acids is 2. The predicted molar refractivity (Wildman–Crippen MR) is 89.7 cm³/mol. The van der Waals surface area contributed by atoms with Gasteiger partial charge in [-0.05, 0) is 37.1 Å². The molecule has 0 saturated heterocycles. The Morgan fingerprint density at radius 2 is 1.08 bits per heavy atom.